The van der Waals surface area contributed by atoms with Crippen LogP contribution in [0, 0.1) is 0 Å². The molecule has 0 aromatic carbocycles. The van der Waals surface area contributed by atoms with Crippen LogP contribution in [0.5, 0.6) is 0 Å². The monoisotopic (exact) mass is 184 g/mol. The second-order valence-electron chi connectivity index (χ2n) is 2.30. The Morgan fingerprint density at radius 3 is 3.00 bits per heavy atom. The predicted octanol–water partition coefficient (Wildman–Crippen LogP) is 1.50. The highest BCUT2D eigenvalue weighted by Gasteiger charge is 2.03. The highest BCUT2D eigenvalue weighted by molar-refractivity contribution is 6.29. The number of carbonyl (C=O) groups excluding carboxylic acids is 1. The first-order chi connectivity index (χ1) is 5.70. The van der Waals surface area contributed by atoms with Gasteiger partial charge >= 0.3 is 0 Å². The summed E-state index contributed by atoms with van der Waals surface area (Å²) in [5.41, 5.74) is 0.591. The molecule has 12 heavy (non-hydrogen) atoms. The molecule has 0 fully saturated rings. The Bertz CT molecular complexity index is 279. The fourth-order valence-corrected chi connectivity index (χ4v) is 0.810. The molecular weight excluding hydrogens is 176 g/mol. The highest BCUT2D eigenvalue weighted by Crippen LogP contribution is 1.97. The van der Waals surface area contributed by atoms with Gasteiger partial charge in [-0.15, -0.1) is 0 Å². The van der Waals surface area contributed by atoms with Gasteiger partial charge in [-0.25, -0.2) is 0 Å². The quantitative estimate of drug-likeness (QED) is 0.735. The fraction of sp³-hybridized carbons (Fsp3) is 0.125. The Morgan fingerprint density at radius 2 is 2.50 bits per heavy atom. The fourth-order valence-electron chi connectivity index (χ4n) is 0.743. The van der Waals surface area contributed by atoms with E-state index >= 15 is 0 Å². The highest BCUT2D eigenvalue weighted by atomic mass is 35.5. The van der Waals surface area contributed by atoms with Gasteiger partial charge in [0.25, 0.3) is 5.91 Å². The maximum absolute atomic E-state index is 11.2. The zero-order valence-corrected chi connectivity index (χ0v) is 7.19. The van der Waals surface area contributed by atoms with Crippen LogP contribution < -0.4 is 5.32 Å². The van der Waals surface area contributed by atoms with Crippen molar-refractivity contribution in [2.75, 3.05) is 6.54 Å². The van der Waals surface area contributed by atoms with Gasteiger partial charge in [-0.05, 0) is 6.07 Å². The van der Waals surface area contributed by atoms with E-state index in [1.165, 1.54) is 0 Å². The second kappa shape index (κ2) is 3.97. The van der Waals surface area contributed by atoms with Crippen LogP contribution in [0.4, 0.5) is 0 Å². The van der Waals surface area contributed by atoms with Crippen LogP contribution in [-0.2, 0) is 0 Å². The summed E-state index contributed by atoms with van der Waals surface area (Å²) < 4.78 is 0. The van der Waals surface area contributed by atoms with Gasteiger partial charge in [-0.1, -0.05) is 18.2 Å². The third-order valence-electron chi connectivity index (χ3n) is 1.30. The van der Waals surface area contributed by atoms with Crippen molar-refractivity contribution in [1.82, 2.24) is 10.3 Å². The molecule has 3 nitrogen and oxygen atoms in total. The Morgan fingerprint density at radius 1 is 1.75 bits per heavy atom. The number of hydrogen-bond acceptors (Lipinski definition) is 1. The van der Waals surface area contributed by atoms with E-state index in [9.17, 15) is 4.79 Å². The number of rotatable bonds is 3. The molecule has 1 aromatic rings. The van der Waals surface area contributed by atoms with E-state index in [0.29, 0.717) is 17.1 Å². The van der Waals surface area contributed by atoms with E-state index in [4.69, 9.17) is 11.6 Å². The molecule has 0 bridgehead atoms. The molecule has 2 N–H and O–H groups in total. The normalized spacial score (nSPS) is 9.42. The predicted molar refractivity (Wildman–Crippen MR) is 48.1 cm³/mol. The lowest BCUT2D eigenvalue weighted by Gasteiger charge is -2.00. The van der Waals surface area contributed by atoms with Crippen LogP contribution in [0.3, 0.4) is 0 Å². The minimum atomic E-state index is -0.155. The molecule has 4 heteroatoms. The summed E-state index contributed by atoms with van der Waals surface area (Å²) >= 11 is 5.47. The number of carbonyl (C=O) groups is 1. The van der Waals surface area contributed by atoms with Crippen LogP contribution >= 0.6 is 11.6 Å². The van der Waals surface area contributed by atoms with Crippen molar-refractivity contribution >= 4 is 17.5 Å². The summed E-state index contributed by atoms with van der Waals surface area (Å²) in [6.07, 6.45) is 3.30. The summed E-state index contributed by atoms with van der Waals surface area (Å²) in [5, 5.41) is 3.01. The van der Waals surface area contributed by atoms with E-state index in [2.05, 4.69) is 16.9 Å². The minimum absolute atomic E-state index is 0.155. The molecule has 0 spiro atoms. The molecule has 0 saturated carbocycles. The van der Waals surface area contributed by atoms with Crippen molar-refractivity contribution in [1.29, 1.82) is 0 Å². The third kappa shape index (κ3) is 2.43. The maximum Gasteiger partial charge on any atom is 0.253 e. The van der Waals surface area contributed by atoms with Crippen molar-refractivity contribution in [2.24, 2.45) is 0 Å². The molecule has 1 rings (SSSR count). The smallest absolute Gasteiger partial charge is 0.253 e. The largest absolute Gasteiger partial charge is 0.367 e. The molecule has 1 amide bonds. The zero-order valence-electron chi connectivity index (χ0n) is 6.43. The van der Waals surface area contributed by atoms with Crippen molar-refractivity contribution < 1.29 is 4.79 Å². The average Bonchev–Trinajstić information content (AvgIpc) is 2.51. The number of aromatic amines is 1. The topological polar surface area (TPSA) is 44.9 Å². The van der Waals surface area contributed by atoms with Gasteiger partial charge in [0.05, 0.1) is 12.1 Å². The van der Waals surface area contributed by atoms with Crippen LogP contribution in [0.15, 0.2) is 30.1 Å². The number of H-pyrrole nitrogens is 1. The van der Waals surface area contributed by atoms with Gasteiger partial charge < -0.3 is 10.3 Å². The molecule has 0 saturated heterocycles. The van der Waals surface area contributed by atoms with Gasteiger partial charge in [0, 0.05) is 17.4 Å². The zero-order chi connectivity index (χ0) is 8.97. The molecule has 64 valence electrons. The first-order valence-corrected chi connectivity index (χ1v) is 3.82. The van der Waals surface area contributed by atoms with E-state index in [-0.39, 0.29) is 5.91 Å². The molecule has 0 aliphatic heterocycles. The Hall–Kier alpha value is -1.22. The minimum Gasteiger partial charge on any atom is -0.367 e. The first-order valence-electron chi connectivity index (χ1n) is 3.44. The molecule has 1 aromatic heterocycles. The standard InChI is InChI=1S/C8H9ClN2O/c1-6(9)4-11-8(12)7-2-3-10-5-7/h2-3,5,10H,1,4H2,(H,11,12). The lowest BCUT2D eigenvalue weighted by molar-refractivity contribution is 0.0958. The molecular formula is C8H9ClN2O. The van der Waals surface area contributed by atoms with E-state index in [1.54, 1.807) is 18.5 Å². The van der Waals surface area contributed by atoms with Crippen LogP contribution in [-0.4, -0.2) is 17.4 Å². The SMILES string of the molecule is C=C(Cl)CNC(=O)c1cc[nH]c1. The Labute approximate surface area is 75.4 Å². The number of amides is 1. The third-order valence-corrected chi connectivity index (χ3v) is 1.43. The molecule has 0 aliphatic carbocycles. The van der Waals surface area contributed by atoms with Gasteiger partial charge in [-0.2, -0.15) is 0 Å². The van der Waals surface area contributed by atoms with Gasteiger partial charge in [-0.3, -0.25) is 4.79 Å². The van der Waals surface area contributed by atoms with Crippen LogP contribution in [0.1, 0.15) is 10.4 Å². The van der Waals surface area contributed by atoms with E-state index in [0.717, 1.165) is 0 Å². The Kier molecular flexibility index (Phi) is 2.94. The van der Waals surface area contributed by atoms with Crippen molar-refractivity contribution in [2.45, 2.75) is 0 Å². The van der Waals surface area contributed by atoms with Crippen LogP contribution in [0.2, 0.25) is 0 Å². The van der Waals surface area contributed by atoms with Gasteiger partial charge in [0.15, 0.2) is 0 Å². The molecule has 0 radical (unpaired) electrons. The molecule has 0 unspecified atom stereocenters. The summed E-state index contributed by atoms with van der Waals surface area (Å²) in [6, 6.07) is 1.69. The summed E-state index contributed by atoms with van der Waals surface area (Å²) in [4.78, 5) is 14.0. The molecule has 0 aliphatic rings. The Balaban J connectivity index is 2.45. The number of nitrogens with one attached hydrogen (secondary N) is 2. The number of halogens is 1. The van der Waals surface area contributed by atoms with Gasteiger partial charge in [0.1, 0.15) is 0 Å². The van der Waals surface area contributed by atoms with Crippen molar-refractivity contribution in [3.8, 4) is 0 Å². The molecule has 0 atom stereocenters. The first kappa shape index (κ1) is 8.87. The average molecular weight is 185 g/mol. The number of aromatic nitrogens is 1. The maximum atomic E-state index is 11.2. The van der Waals surface area contributed by atoms with E-state index < -0.39 is 0 Å². The van der Waals surface area contributed by atoms with E-state index in [1.807, 2.05) is 0 Å². The van der Waals surface area contributed by atoms with Gasteiger partial charge in [0.2, 0.25) is 0 Å². The van der Waals surface area contributed by atoms with Crippen molar-refractivity contribution in [3.05, 3.63) is 35.6 Å². The van der Waals surface area contributed by atoms with Crippen molar-refractivity contribution in [3.63, 3.8) is 0 Å². The summed E-state index contributed by atoms with van der Waals surface area (Å²) in [7, 11) is 0. The molecule has 1 heterocycles. The summed E-state index contributed by atoms with van der Waals surface area (Å²) in [6.45, 7) is 3.75. The summed E-state index contributed by atoms with van der Waals surface area (Å²) in [5.74, 6) is -0.155. The lowest BCUT2D eigenvalue weighted by Crippen LogP contribution is -2.23. The lowest BCUT2D eigenvalue weighted by atomic mass is 10.3. The second-order valence-corrected chi connectivity index (χ2v) is 2.83. The number of hydrogen-bond donors (Lipinski definition) is 2. The van der Waals surface area contributed by atoms with Crippen LogP contribution in [0.25, 0.3) is 0 Å².